The molecule has 1 aliphatic heterocycles. The fourth-order valence-corrected chi connectivity index (χ4v) is 3.27. The molecule has 110 valence electrons. The highest BCUT2D eigenvalue weighted by molar-refractivity contribution is 5.79. The molecule has 3 atom stereocenters. The maximum absolute atomic E-state index is 12.5. The van der Waals surface area contributed by atoms with E-state index in [2.05, 4.69) is 13.8 Å². The lowest BCUT2D eigenvalue weighted by Gasteiger charge is -2.24. The molecule has 0 aromatic carbocycles. The van der Waals surface area contributed by atoms with Gasteiger partial charge in [0.15, 0.2) is 0 Å². The molecule has 1 unspecified atom stereocenters. The molecule has 2 aliphatic rings. The average molecular weight is 268 g/mol. The minimum Gasteiger partial charge on any atom is -0.376 e. The van der Waals surface area contributed by atoms with Crippen molar-refractivity contribution in [3.8, 4) is 0 Å². The molecule has 1 saturated heterocycles. The second-order valence-electron chi connectivity index (χ2n) is 6.46. The summed E-state index contributed by atoms with van der Waals surface area (Å²) in [5, 5.41) is 0. The van der Waals surface area contributed by atoms with Gasteiger partial charge in [0.1, 0.15) is 0 Å². The van der Waals surface area contributed by atoms with Crippen molar-refractivity contribution in [2.75, 3.05) is 26.2 Å². The lowest BCUT2D eigenvalue weighted by Crippen LogP contribution is -2.38. The van der Waals surface area contributed by atoms with Gasteiger partial charge >= 0.3 is 0 Å². The SMILES string of the molecule is CC(C)COC1CCN(C(=O)[C@@H]2CCC[C@@H]2CN)C1. The molecule has 0 spiro atoms. The molecule has 4 nitrogen and oxygen atoms in total. The fourth-order valence-electron chi connectivity index (χ4n) is 3.27. The standard InChI is InChI=1S/C15H28N2O2/c1-11(2)10-19-13-6-7-17(9-13)15(18)14-5-3-4-12(14)8-16/h11-14H,3-10,16H2,1-2H3/t12-,13?,14-/m1/s1. The molecule has 1 amide bonds. The van der Waals surface area contributed by atoms with Gasteiger partial charge in [-0.3, -0.25) is 4.79 Å². The molecule has 0 radical (unpaired) electrons. The van der Waals surface area contributed by atoms with Crippen molar-refractivity contribution in [3.63, 3.8) is 0 Å². The smallest absolute Gasteiger partial charge is 0.226 e. The van der Waals surface area contributed by atoms with E-state index in [1.807, 2.05) is 4.90 Å². The van der Waals surface area contributed by atoms with Crippen molar-refractivity contribution in [1.29, 1.82) is 0 Å². The minimum absolute atomic E-state index is 0.175. The maximum atomic E-state index is 12.5. The largest absolute Gasteiger partial charge is 0.376 e. The summed E-state index contributed by atoms with van der Waals surface area (Å²) in [6, 6.07) is 0. The van der Waals surface area contributed by atoms with Gasteiger partial charge in [-0.1, -0.05) is 20.3 Å². The van der Waals surface area contributed by atoms with Gasteiger partial charge in [-0.05, 0) is 37.6 Å². The number of ether oxygens (including phenoxy) is 1. The van der Waals surface area contributed by atoms with Gasteiger partial charge in [0, 0.05) is 25.6 Å². The summed E-state index contributed by atoms with van der Waals surface area (Å²) < 4.78 is 5.84. The third-order valence-electron chi connectivity index (χ3n) is 4.40. The van der Waals surface area contributed by atoms with Crippen LogP contribution in [0.2, 0.25) is 0 Å². The Morgan fingerprint density at radius 2 is 2.16 bits per heavy atom. The first kappa shape index (κ1) is 14.8. The minimum atomic E-state index is 0.175. The Hall–Kier alpha value is -0.610. The Kier molecular flexibility index (Phi) is 5.22. The Morgan fingerprint density at radius 1 is 1.37 bits per heavy atom. The molecular weight excluding hydrogens is 240 g/mol. The van der Waals surface area contributed by atoms with Crippen LogP contribution in [0.4, 0.5) is 0 Å². The number of nitrogens with two attached hydrogens (primary N) is 1. The summed E-state index contributed by atoms with van der Waals surface area (Å²) in [6.07, 6.45) is 4.52. The normalized spacial score (nSPS) is 31.4. The second-order valence-corrected chi connectivity index (χ2v) is 6.46. The Balaban J connectivity index is 1.81. The molecule has 2 rings (SSSR count). The monoisotopic (exact) mass is 268 g/mol. The van der Waals surface area contributed by atoms with E-state index in [0.717, 1.165) is 45.4 Å². The van der Waals surface area contributed by atoms with Gasteiger partial charge in [-0.25, -0.2) is 0 Å². The van der Waals surface area contributed by atoms with E-state index in [1.165, 1.54) is 0 Å². The molecule has 1 saturated carbocycles. The first-order chi connectivity index (χ1) is 9.11. The molecular formula is C15H28N2O2. The molecule has 1 aliphatic carbocycles. The molecule has 0 aromatic rings. The lowest BCUT2D eigenvalue weighted by atomic mass is 9.95. The van der Waals surface area contributed by atoms with Crippen molar-refractivity contribution >= 4 is 5.91 Å². The summed E-state index contributed by atoms with van der Waals surface area (Å²) in [7, 11) is 0. The van der Waals surface area contributed by atoms with Crippen molar-refractivity contribution in [3.05, 3.63) is 0 Å². The van der Waals surface area contributed by atoms with Gasteiger partial charge in [0.25, 0.3) is 0 Å². The van der Waals surface area contributed by atoms with Gasteiger partial charge in [0.05, 0.1) is 6.10 Å². The van der Waals surface area contributed by atoms with Crippen LogP contribution in [0.1, 0.15) is 39.5 Å². The topological polar surface area (TPSA) is 55.6 Å². The van der Waals surface area contributed by atoms with E-state index in [4.69, 9.17) is 10.5 Å². The number of carbonyl (C=O) groups excluding carboxylic acids is 1. The highest BCUT2D eigenvalue weighted by Crippen LogP contribution is 2.33. The van der Waals surface area contributed by atoms with E-state index in [-0.39, 0.29) is 12.0 Å². The number of rotatable bonds is 5. The van der Waals surface area contributed by atoms with Crippen LogP contribution < -0.4 is 5.73 Å². The molecule has 0 bridgehead atoms. The van der Waals surface area contributed by atoms with E-state index in [9.17, 15) is 4.79 Å². The molecule has 4 heteroatoms. The van der Waals surface area contributed by atoms with Crippen LogP contribution in [0, 0.1) is 17.8 Å². The lowest BCUT2D eigenvalue weighted by molar-refractivity contribution is -0.136. The zero-order valence-electron chi connectivity index (χ0n) is 12.3. The molecule has 2 fully saturated rings. The van der Waals surface area contributed by atoms with Gasteiger partial charge in [-0.2, -0.15) is 0 Å². The summed E-state index contributed by atoms with van der Waals surface area (Å²) in [5.74, 6) is 1.46. The predicted octanol–water partition coefficient (Wildman–Crippen LogP) is 1.63. The number of carbonyl (C=O) groups is 1. The van der Waals surface area contributed by atoms with Crippen LogP contribution in [0.25, 0.3) is 0 Å². The zero-order valence-corrected chi connectivity index (χ0v) is 12.3. The third-order valence-corrected chi connectivity index (χ3v) is 4.40. The van der Waals surface area contributed by atoms with Crippen LogP contribution in [-0.4, -0.2) is 43.2 Å². The van der Waals surface area contributed by atoms with Gasteiger partial charge in [-0.15, -0.1) is 0 Å². The quantitative estimate of drug-likeness (QED) is 0.824. The van der Waals surface area contributed by atoms with Crippen LogP contribution in [0.3, 0.4) is 0 Å². The van der Waals surface area contributed by atoms with Crippen LogP contribution in [0.5, 0.6) is 0 Å². The van der Waals surface area contributed by atoms with E-state index >= 15 is 0 Å². The predicted molar refractivity (Wildman–Crippen MR) is 75.7 cm³/mol. The van der Waals surface area contributed by atoms with Gasteiger partial charge in [0.2, 0.25) is 5.91 Å². The van der Waals surface area contributed by atoms with E-state index in [1.54, 1.807) is 0 Å². The summed E-state index contributed by atoms with van der Waals surface area (Å²) in [5.41, 5.74) is 5.77. The summed E-state index contributed by atoms with van der Waals surface area (Å²) >= 11 is 0. The highest BCUT2D eigenvalue weighted by Gasteiger charge is 2.37. The van der Waals surface area contributed by atoms with Crippen LogP contribution >= 0.6 is 0 Å². The zero-order chi connectivity index (χ0) is 13.8. The summed E-state index contributed by atoms with van der Waals surface area (Å²) in [4.78, 5) is 14.5. The fraction of sp³-hybridized carbons (Fsp3) is 0.933. The van der Waals surface area contributed by atoms with Crippen molar-refractivity contribution < 1.29 is 9.53 Å². The molecule has 1 heterocycles. The van der Waals surface area contributed by atoms with E-state index in [0.29, 0.717) is 24.3 Å². The number of likely N-dealkylation sites (tertiary alicyclic amines) is 1. The van der Waals surface area contributed by atoms with Crippen molar-refractivity contribution in [1.82, 2.24) is 4.90 Å². The second kappa shape index (κ2) is 6.71. The molecule has 19 heavy (non-hydrogen) atoms. The van der Waals surface area contributed by atoms with Crippen LogP contribution in [-0.2, 0) is 9.53 Å². The first-order valence-electron chi connectivity index (χ1n) is 7.72. The first-order valence-corrected chi connectivity index (χ1v) is 7.72. The number of hydrogen-bond donors (Lipinski definition) is 1. The highest BCUT2D eigenvalue weighted by atomic mass is 16.5. The number of amides is 1. The molecule has 2 N–H and O–H groups in total. The Bertz CT molecular complexity index is 307. The van der Waals surface area contributed by atoms with Crippen molar-refractivity contribution in [2.45, 2.75) is 45.6 Å². The summed E-state index contributed by atoms with van der Waals surface area (Å²) in [6.45, 7) is 7.39. The van der Waals surface area contributed by atoms with Crippen molar-refractivity contribution in [2.24, 2.45) is 23.5 Å². The molecule has 0 aromatic heterocycles. The third kappa shape index (κ3) is 3.69. The number of nitrogens with zero attached hydrogens (tertiary/aromatic N) is 1. The van der Waals surface area contributed by atoms with Crippen LogP contribution in [0.15, 0.2) is 0 Å². The average Bonchev–Trinajstić information content (AvgIpc) is 3.04. The Labute approximate surface area is 116 Å². The maximum Gasteiger partial charge on any atom is 0.226 e. The van der Waals surface area contributed by atoms with Gasteiger partial charge < -0.3 is 15.4 Å². The Morgan fingerprint density at radius 3 is 2.84 bits per heavy atom. The van der Waals surface area contributed by atoms with E-state index < -0.39 is 0 Å². The number of hydrogen-bond acceptors (Lipinski definition) is 3.